The molecule has 0 saturated heterocycles. The molecular formula is C73H134O6. The highest BCUT2D eigenvalue weighted by Crippen LogP contribution is 2.18. The molecule has 0 spiro atoms. The Bertz CT molecular complexity index is 1360. The van der Waals surface area contributed by atoms with E-state index in [1.165, 1.54) is 257 Å². The number of carbonyl (C=O) groups is 3. The zero-order chi connectivity index (χ0) is 57.1. The maximum atomic E-state index is 12.9. The van der Waals surface area contributed by atoms with Crippen molar-refractivity contribution in [1.82, 2.24) is 0 Å². The second-order valence-electron chi connectivity index (χ2n) is 23.8. The van der Waals surface area contributed by atoms with Crippen molar-refractivity contribution in [1.29, 1.82) is 0 Å². The number of rotatable bonds is 65. The molecule has 0 heterocycles. The van der Waals surface area contributed by atoms with E-state index in [0.717, 1.165) is 83.5 Å². The molecule has 1 unspecified atom stereocenters. The molecule has 0 saturated carbocycles. The third-order valence-electron chi connectivity index (χ3n) is 15.8. The van der Waals surface area contributed by atoms with Crippen LogP contribution in [-0.2, 0) is 28.6 Å². The smallest absolute Gasteiger partial charge is 0.306 e. The molecule has 0 radical (unpaired) electrons. The molecule has 6 nitrogen and oxygen atoms in total. The van der Waals surface area contributed by atoms with E-state index in [9.17, 15) is 14.4 Å². The van der Waals surface area contributed by atoms with Gasteiger partial charge in [-0.05, 0) is 77.0 Å². The molecular weight excluding hydrogens is 973 g/mol. The number of hydrogen-bond acceptors (Lipinski definition) is 6. The average molecular weight is 1110 g/mol. The molecule has 0 aliphatic rings. The molecule has 0 rings (SSSR count). The summed E-state index contributed by atoms with van der Waals surface area (Å²) in [5.74, 6) is -0.860. The number of hydrogen-bond donors (Lipinski definition) is 0. The highest BCUT2D eigenvalue weighted by molar-refractivity contribution is 5.71. The van der Waals surface area contributed by atoms with Crippen molar-refractivity contribution < 1.29 is 28.6 Å². The van der Waals surface area contributed by atoms with Crippen LogP contribution < -0.4 is 0 Å². The summed E-state index contributed by atoms with van der Waals surface area (Å²) in [5.41, 5.74) is 0. The molecule has 462 valence electrons. The second-order valence-corrected chi connectivity index (χ2v) is 23.8. The van der Waals surface area contributed by atoms with Crippen molar-refractivity contribution >= 4 is 17.9 Å². The first kappa shape index (κ1) is 76.4. The Morgan fingerprint density at radius 1 is 0.266 bits per heavy atom. The molecule has 0 aromatic heterocycles. The van der Waals surface area contributed by atoms with Gasteiger partial charge in [-0.25, -0.2) is 0 Å². The predicted octanol–water partition coefficient (Wildman–Crippen LogP) is 24.1. The summed E-state index contributed by atoms with van der Waals surface area (Å²) >= 11 is 0. The van der Waals surface area contributed by atoms with Gasteiger partial charge in [-0.1, -0.05) is 333 Å². The molecule has 0 fully saturated rings. The van der Waals surface area contributed by atoms with Crippen LogP contribution in [0, 0.1) is 0 Å². The van der Waals surface area contributed by atoms with Crippen LogP contribution in [0.5, 0.6) is 0 Å². The number of unbranched alkanes of at least 4 members (excludes halogenated alkanes) is 46. The van der Waals surface area contributed by atoms with Gasteiger partial charge in [-0.3, -0.25) is 14.4 Å². The Balaban J connectivity index is 4.07. The molecule has 79 heavy (non-hydrogen) atoms. The normalized spacial score (nSPS) is 12.3. The Morgan fingerprint density at radius 2 is 0.494 bits per heavy atom. The fourth-order valence-electron chi connectivity index (χ4n) is 10.6. The molecule has 0 bridgehead atoms. The van der Waals surface area contributed by atoms with E-state index >= 15 is 0 Å². The minimum absolute atomic E-state index is 0.0723. The summed E-state index contributed by atoms with van der Waals surface area (Å²) in [5, 5.41) is 0. The van der Waals surface area contributed by atoms with E-state index < -0.39 is 6.10 Å². The van der Waals surface area contributed by atoms with E-state index in [-0.39, 0.29) is 31.1 Å². The Morgan fingerprint density at radius 3 is 0.785 bits per heavy atom. The summed E-state index contributed by atoms with van der Waals surface area (Å²) in [7, 11) is 0. The quantitative estimate of drug-likeness (QED) is 0.0261. The summed E-state index contributed by atoms with van der Waals surface area (Å²) in [4.78, 5) is 38.3. The molecule has 0 aromatic rings. The molecule has 0 aromatic carbocycles. The minimum Gasteiger partial charge on any atom is -0.462 e. The Hall–Kier alpha value is -2.63. The SMILES string of the molecule is CC/C=C\C/C=C\C/C=C\CCCCCCCCCC(=O)OC(COC(=O)CCCCCCCCCCCCC)COC(=O)CCCCCCCCCCCCCCCCCCCCCCC/C=C\CCCCCCCCCC. The van der Waals surface area contributed by atoms with Crippen LogP contribution in [0.25, 0.3) is 0 Å². The van der Waals surface area contributed by atoms with Crippen LogP contribution in [0.15, 0.2) is 48.6 Å². The van der Waals surface area contributed by atoms with Crippen LogP contribution in [0.2, 0.25) is 0 Å². The maximum Gasteiger partial charge on any atom is 0.306 e. The Kier molecular flexibility index (Phi) is 65.6. The lowest BCUT2D eigenvalue weighted by Crippen LogP contribution is -2.30. The first-order chi connectivity index (χ1) is 39.0. The van der Waals surface area contributed by atoms with Gasteiger partial charge in [-0.15, -0.1) is 0 Å². The second kappa shape index (κ2) is 67.9. The zero-order valence-corrected chi connectivity index (χ0v) is 53.2. The average Bonchev–Trinajstić information content (AvgIpc) is 3.45. The molecule has 0 N–H and O–H groups in total. The monoisotopic (exact) mass is 1110 g/mol. The molecule has 1 atom stereocenters. The van der Waals surface area contributed by atoms with Crippen LogP contribution in [-0.4, -0.2) is 37.2 Å². The number of ether oxygens (including phenoxy) is 3. The number of carbonyl (C=O) groups excluding carboxylic acids is 3. The van der Waals surface area contributed by atoms with Gasteiger partial charge in [0.05, 0.1) is 0 Å². The maximum absolute atomic E-state index is 12.9. The fraction of sp³-hybridized carbons (Fsp3) is 0.849. The predicted molar refractivity (Wildman–Crippen MR) is 344 cm³/mol. The third-order valence-corrected chi connectivity index (χ3v) is 15.8. The fourth-order valence-corrected chi connectivity index (χ4v) is 10.6. The number of esters is 3. The topological polar surface area (TPSA) is 78.9 Å². The van der Waals surface area contributed by atoms with Crippen LogP contribution in [0.3, 0.4) is 0 Å². The molecule has 0 aliphatic heterocycles. The van der Waals surface area contributed by atoms with E-state index in [4.69, 9.17) is 14.2 Å². The summed E-state index contributed by atoms with van der Waals surface area (Å²) in [6.07, 6.45) is 85.9. The molecule has 0 amide bonds. The van der Waals surface area contributed by atoms with Crippen molar-refractivity contribution in [2.24, 2.45) is 0 Å². The van der Waals surface area contributed by atoms with Gasteiger partial charge < -0.3 is 14.2 Å². The Labute approximate surface area is 492 Å². The van der Waals surface area contributed by atoms with Crippen molar-refractivity contribution in [3.8, 4) is 0 Å². The van der Waals surface area contributed by atoms with E-state index in [1.807, 2.05) is 0 Å². The van der Waals surface area contributed by atoms with Gasteiger partial charge in [0, 0.05) is 19.3 Å². The van der Waals surface area contributed by atoms with Crippen molar-refractivity contribution in [3.05, 3.63) is 48.6 Å². The van der Waals surface area contributed by atoms with E-state index in [1.54, 1.807) is 0 Å². The van der Waals surface area contributed by atoms with Crippen molar-refractivity contribution in [3.63, 3.8) is 0 Å². The highest BCUT2D eigenvalue weighted by atomic mass is 16.6. The lowest BCUT2D eigenvalue weighted by molar-refractivity contribution is -0.167. The van der Waals surface area contributed by atoms with Crippen molar-refractivity contribution in [2.75, 3.05) is 13.2 Å². The highest BCUT2D eigenvalue weighted by Gasteiger charge is 2.19. The standard InChI is InChI=1S/C73H134O6/c1-4-7-10-13-16-19-22-24-26-28-29-30-31-32-33-34-35-36-37-38-39-40-41-42-43-45-46-48-51-54-57-60-63-66-72(75)78-69-70(68-77-71(74)65-62-59-56-53-50-21-18-15-12-9-6-3)79-73(76)67-64-61-58-55-52-49-47-44-27-25-23-20-17-14-11-8-5-2/h8,11,17,20,25,27-29,70H,4-7,9-10,12-16,18-19,21-24,26,30-69H2,1-3H3/b11-8-,20-17-,27-25-,29-28-. The first-order valence-electron chi connectivity index (χ1n) is 35.1. The van der Waals surface area contributed by atoms with Gasteiger partial charge in [0.2, 0.25) is 0 Å². The summed E-state index contributed by atoms with van der Waals surface area (Å²) in [6, 6.07) is 0. The molecule has 6 heteroatoms. The zero-order valence-electron chi connectivity index (χ0n) is 53.2. The van der Waals surface area contributed by atoms with Crippen LogP contribution in [0.1, 0.15) is 380 Å². The van der Waals surface area contributed by atoms with Crippen LogP contribution in [0.4, 0.5) is 0 Å². The minimum atomic E-state index is -0.775. The van der Waals surface area contributed by atoms with Gasteiger partial charge >= 0.3 is 17.9 Å². The van der Waals surface area contributed by atoms with Crippen LogP contribution >= 0.6 is 0 Å². The van der Waals surface area contributed by atoms with Gasteiger partial charge in [-0.2, -0.15) is 0 Å². The summed E-state index contributed by atoms with van der Waals surface area (Å²) in [6.45, 7) is 6.57. The number of allylic oxidation sites excluding steroid dienone is 8. The first-order valence-corrected chi connectivity index (χ1v) is 35.1. The third kappa shape index (κ3) is 66.1. The largest absolute Gasteiger partial charge is 0.462 e. The van der Waals surface area contributed by atoms with Gasteiger partial charge in [0.1, 0.15) is 13.2 Å². The van der Waals surface area contributed by atoms with E-state index in [0.29, 0.717) is 19.3 Å². The lowest BCUT2D eigenvalue weighted by Gasteiger charge is -2.18. The summed E-state index contributed by atoms with van der Waals surface area (Å²) < 4.78 is 16.9. The molecule has 0 aliphatic carbocycles. The van der Waals surface area contributed by atoms with Gasteiger partial charge in [0.25, 0.3) is 0 Å². The van der Waals surface area contributed by atoms with Crippen molar-refractivity contribution in [2.45, 2.75) is 386 Å². The lowest BCUT2D eigenvalue weighted by atomic mass is 10.0. The van der Waals surface area contributed by atoms with E-state index in [2.05, 4.69) is 69.4 Å². The van der Waals surface area contributed by atoms with Gasteiger partial charge in [0.15, 0.2) is 6.10 Å².